The Morgan fingerprint density at radius 2 is 2.13 bits per heavy atom. The molecule has 1 unspecified atom stereocenters. The van der Waals surface area contributed by atoms with Gasteiger partial charge in [-0.05, 0) is 42.3 Å². The maximum atomic E-state index is 13.9. The maximum absolute atomic E-state index is 13.9. The van der Waals surface area contributed by atoms with Crippen LogP contribution in [0.25, 0.3) is 0 Å². The lowest BCUT2D eigenvalue weighted by Crippen LogP contribution is -3.00. The number of likely N-dealkylation sites (N-methyl/N-ethyl adjacent to an activating group) is 1. The van der Waals surface area contributed by atoms with Crippen LogP contribution in [-0.4, -0.2) is 66.9 Å². The molecule has 202 valence electrons. The van der Waals surface area contributed by atoms with Crippen LogP contribution < -0.4 is 27.4 Å². The lowest BCUT2D eigenvalue weighted by atomic mass is 9.61. The number of phenolic OH excluding ortho intramolecular Hbond substituents is 1. The minimum atomic E-state index is -0.434. The van der Waals surface area contributed by atoms with Gasteiger partial charge in [0.05, 0.1) is 23.3 Å². The van der Waals surface area contributed by atoms with Crippen LogP contribution in [0, 0.1) is 5.92 Å². The molecule has 0 aromatic heterocycles. The zero-order chi connectivity index (χ0) is 26.4. The fourth-order valence-corrected chi connectivity index (χ4v) is 8.00. The van der Waals surface area contributed by atoms with Crippen molar-refractivity contribution in [1.29, 1.82) is 0 Å². The number of para-hydroxylation sites is 1. The van der Waals surface area contributed by atoms with Crippen molar-refractivity contribution < 1.29 is 41.1 Å². The second-order valence-electron chi connectivity index (χ2n) is 11.3. The highest BCUT2D eigenvalue weighted by atomic mass is 35.5. The number of rotatable bonds is 4. The lowest BCUT2D eigenvalue weighted by Gasteiger charge is -2.53. The van der Waals surface area contributed by atoms with Gasteiger partial charge in [0.15, 0.2) is 6.61 Å². The van der Waals surface area contributed by atoms with Crippen molar-refractivity contribution in [2.75, 3.05) is 43.5 Å². The first-order chi connectivity index (χ1) is 18.3. The number of nitrogens with one attached hydrogen (secondary N) is 1. The quantitative estimate of drug-likeness (QED) is 0.188. The highest BCUT2D eigenvalue weighted by molar-refractivity contribution is 6.02. The first-order valence-electron chi connectivity index (χ1n) is 13.2. The minimum absolute atomic E-state index is 0. The molecule has 4 aliphatic heterocycles. The predicted molar refractivity (Wildman–Crippen MR) is 141 cm³/mol. The molecule has 1 aliphatic carbocycles. The lowest BCUT2D eigenvalue weighted by molar-refractivity contribution is -0.934. The number of aromatic hydroxyl groups is 1. The fourth-order valence-electron chi connectivity index (χ4n) is 8.00. The number of fused-ring (bicyclic) bond motifs is 3. The van der Waals surface area contributed by atoms with Gasteiger partial charge in [-0.3, -0.25) is 14.4 Å². The number of amides is 1. The number of phenols is 1. The van der Waals surface area contributed by atoms with Gasteiger partial charge in [-0.1, -0.05) is 18.2 Å². The van der Waals surface area contributed by atoms with Gasteiger partial charge < -0.3 is 37.0 Å². The number of benzene rings is 2. The number of quaternary nitrogens is 1. The molecule has 7 rings (SSSR count). The number of nitrogens with zero attached hydrogens (tertiary/aromatic N) is 2. The van der Waals surface area contributed by atoms with E-state index in [1.165, 1.54) is 5.57 Å². The maximum Gasteiger partial charge on any atom is 0.264 e. The number of carbonyl (C=O) groups excluding carboxylic acids is 3. The molecule has 1 amide bonds. The zero-order valence-electron chi connectivity index (χ0n) is 21.9. The van der Waals surface area contributed by atoms with Gasteiger partial charge in [0.25, 0.3) is 5.91 Å². The van der Waals surface area contributed by atoms with E-state index in [0.29, 0.717) is 40.3 Å². The zero-order valence-corrected chi connectivity index (χ0v) is 22.6. The molecule has 4 atom stereocenters. The van der Waals surface area contributed by atoms with E-state index in [9.17, 15) is 19.5 Å². The average Bonchev–Trinajstić information content (AvgIpc) is 3.45. The first-order valence-corrected chi connectivity index (χ1v) is 13.2. The SMILES string of the molecule is C/C=C1/C[N+]2(CC(=O)c3ccc4c(c3)N(C)C(=O)CO4)CC[C@]34C(=C(C=O)[C@H]1C[C@@H]32)Nc1c(O)cccc14.[Cl-]. The molecule has 8 nitrogen and oxygen atoms in total. The van der Waals surface area contributed by atoms with E-state index in [2.05, 4.69) is 17.5 Å². The molecule has 2 aromatic rings. The Morgan fingerprint density at radius 3 is 2.90 bits per heavy atom. The standard InChI is InChI=1S/C30H29N3O5.ClH/c1-3-17-13-33(14-24(36)18-7-8-25-22(11-18)32(2)27(37)16-38-25)10-9-30-21-5-4-6-23(35)28(21)31-29(30)20(15-34)19(17)12-26(30)33;/h3-8,11,15,19,26H,9-10,12-14,16H2,1-2H3,(H-,31,34,35);1H/b17-3-;/t19-,26-,30+,33?;/m0./s1. The molecular formula is C30H30ClN3O5. The van der Waals surface area contributed by atoms with Crippen molar-refractivity contribution in [1.82, 2.24) is 0 Å². The van der Waals surface area contributed by atoms with E-state index >= 15 is 0 Å². The number of aldehydes is 1. The molecule has 0 saturated carbocycles. The van der Waals surface area contributed by atoms with E-state index < -0.39 is 5.41 Å². The summed E-state index contributed by atoms with van der Waals surface area (Å²) in [6.07, 6.45) is 4.68. The Morgan fingerprint density at radius 1 is 1.31 bits per heavy atom. The number of ketones is 1. The van der Waals surface area contributed by atoms with Gasteiger partial charge in [0.1, 0.15) is 36.9 Å². The topological polar surface area (TPSA) is 95.9 Å². The second kappa shape index (κ2) is 8.69. The monoisotopic (exact) mass is 547 g/mol. The van der Waals surface area contributed by atoms with E-state index in [-0.39, 0.29) is 48.4 Å². The largest absolute Gasteiger partial charge is 1.00 e. The van der Waals surface area contributed by atoms with E-state index in [1.807, 2.05) is 13.0 Å². The highest BCUT2D eigenvalue weighted by Gasteiger charge is 2.69. The van der Waals surface area contributed by atoms with Gasteiger partial charge >= 0.3 is 0 Å². The number of hydrogen-bond acceptors (Lipinski definition) is 6. The van der Waals surface area contributed by atoms with Gasteiger partial charge in [0, 0.05) is 42.6 Å². The van der Waals surface area contributed by atoms with Gasteiger partial charge in [-0.2, -0.15) is 0 Å². The molecule has 39 heavy (non-hydrogen) atoms. The highest BCUT2D eigenvalue weighted by Crippen LogP contribution is 2.64. The molecule has 9 heteroatoms. The van der Waals surface area contributed by atoms with E-state index in [1.54, 1.807) is 36.2 Å². The molecule has 1 spiro atoms. The Balaban J connectivity index is 0.00000277. The number of hydrogen-bond donors (Lipinski definition) is 2. The number of piperidine rings is 1. The Labute approximate surface area is 232 Å². The Bertz CT molecular complexity index is 1520. The van der Waals surface area contributed by atoms with Crippen molar-refractivity contribution in [2.45, 2.75) is 31.2 Å². The van der Waals surface area contributed by atoms with Crippen LogP contribution in [0.3, 0.4) is 0 Å². The molecule has 5 aliphatic rings. The average molecular weight is 548 g/mol. The molecule has 4 heterocycles. The summed E-state index contributed by atoms with van der Waals surface area (Å²) in [5, 5.41) is 14.2. The van der Waals surface area contributed by atoms with Crippen LogP contribution >= 0.6 is 0 Å². The van der Waals surface area contributed by atoms with Crippen LogP contribution in [0.15, 0.2) is 59.3 Å². The molecule has 2 saturated heterocycles. The van der Waals surface area contributed by atoms with Crippen LogP contribution in [0.2, 0.25) is 0 Å². The molecule has 2 bridgehead atoms. The van der Waals surface area contributed by atoms with Crippen LogP contribution in [0.4, 0.5) is 11.4 Å². The predicted octanol–water partition coefficient (Wildman–Crippen LogP) is 0.320. The third-order valence-corrected chi connectivity index (χ3v) is 9.79. The third-order valence-electron chi connectivity index (χ3n) is 9.79. The molecule has 0 radical (unpaired) electrons. The van der Waals surface area contributed by atoms with E-state index in [0.717, 1.165) is 42.5 Å². The summed E-state index contributed by atoms with van der Waals surface area (Å²) >= 11 is 0. The van der Waals surface area contributed by atoms with Crippen molar-refractivity contribution >= 4 is 29.4 Å². The van der Waals surface area contributed by atoms with Gasteiger partial charge in [-0.15, -0.1) is 0 Å². The number of halogens is 1. The van der Waals surface area contributed by atoms with Crippen LogP contribution in [0.5, 0.6) is 11.5 Å². The van der Waals surface area contributed by atoms with E-state index in [4.69, 9.17) is 4.74 Å². The van der Waals surface area contributed by atoms with Crippen LogP contribution in [0.1, 0.15) is 35.7 Å². The summed E-state index contributed by atoms with van der Waals surface area (Å²) in [5.74, 6) is 0.674. The summed E-state index contributed by atoms with van der Waals surface area (Å²) in [5.41, 5.74) is 5.32. The van der Waals surface area contributed by atoms with Crippen molar-refractivity contribution in [3.8, 4) is 11.5 Å². The van der Waals surface area contributed by atoms with Crippen molar-refractivity contribution in [3.05, 3.63) is 70.4 Å². The molecular weight excluding hydrogens is 518 g/mol. The number of ether oxygens (including phenoxy) is 1. The van der Waals surface area contributed by atoms with Gasteiger partial charge in [-0.25, -0.2) is 0 Å². The number of Topliss-reactive ketones (excluding diaryl/α,β-unsaturated/α-hetero) is 1. The normalized spacial score (nSPS) is 30.6. The second-order valence-corrected chi connectivity index (χ2v) is 11.3. The van der Waals surface area contributed by atoms with Gasteiger partial charge in [0.2, 0.25) is 5.78 Å². The molecule has 2 N–H and O–H groups in total. The fraction of sp³-hybridized carbons (Fsp3) is 0.367. The minimum Gasteiger partial charge on any atom is -1.00 e. The summed E-state index contributed by atoms with van der Waals surface area (Å²) in [6.45, 7) is 3.84. The van der Waals surface area contributed by atoms with Crippen molar-refractivity contribution in [3.63, 3.8) is 0 Å². The number of carbonyl (C=O) groups is 3. The summed E-state index contributed by atoms with van der Waals surface area (Å²) in [4.78, 5) is 40.2. The molecule has 2 aromatic carbocycles. The third kappa shape index (κ3) is 3.25. The Kier molecular flexibility index (Phi) is 5.72. The summed E-state index contributed by atoms with van der Waals surface area (Å²) < 4.78 is 6.17. The summed E-state index contributed by atoms with van der Waals surface area (Å²) in [7, 11) is 1.70. The number of anilines is 2. The smallest absolute Gasteiger partial charge is 0.264 e. The first kappa shape index (κ1) is 25.6. The van der Waals surface area contributed by atoms with Crippen molar-refractivity contribution in [2.24, 2.45) is 5.92 Å². The molecule has 2 fully saturated rings. The number of allylic oxidation sites excluding steroid dienone is 2. The Hall–Kier alpha value is -3.62. The summed E-state index contributed by atoms with van der Waals surface area (Å²) in [6, 6.07) is 11.0. The van der Waals surface area contributed by atoms with Crippen LogP contribution in [-0.2, 0) is 15.0 Å².